The van der Waals surface area contributed by atoms with Crippen molar-refractivity contribution < 1.29 is 19.1 Å². The molecule has 126 valence electrons. The quantitative estimate of drug-likeness (QED) is 0.411. The van der Waals surface area contributed by atoms with Crippen molar-refractivity contribution >= 4 is 44.9 Å². The Kier molecular flexibility index (Phi) is 7.14. The van der Waals surface area contributed by atoms with E-state index in [1.54, 1.807) is 30.3 Å². The molecule has 5 nitrogen and oxygen atoms in total. The van der Waals surface area contributed by atoms with Crippen LogP contribution >= 0.6 is 27.3 Å². The number of benzene rings is 1. The minimum Gasteiger partial charge on any atom is -0.464 e. The number of carbonyl (C=O) groups excluding carboxylic acids is 3. The lowest BCUT2D eigenvalue weighted by atomic mass is 10.2. The Labute approximate surface area is 152 Å². The molecule has 0 unspecified atom stereocenters. The molecule has 0 aliphatic rings. The summed E-state index contributed by atoms with van der Waals surface area (Å²) in [4.78, 5) is 35.9. The fraction of sp³-hybridized carbons (Fsp3) is 0.235. The summed E-state index contributed by atoms with van der Waals surface area (Å²) >= 11 is 4.68. The first-order valence-electron chi connectivity index (χ1n) is 7.32. The summed E-state index contributed by atoms with van der Waals surface area (Å²) in [5.74, 6) is -0.819. The van der Waals surface area contributed by atoms with Crippen molar-refractivity contribution in [2.24, 2.45) is 0 Å². The number of carbonyl (C=O) groups is 3. The molecule has 7 heteroatoms. The van der Waals surface area contributed by atoms with E-state index in [9.17, 15) is 14.4 Å². The second-order valence-corrected chi connectivity index (χ2v) is 6.78. The first-order valence-corrected chi connectivity index (χ1v) is 8.99. The summed E-state index contributed by atoms with van der Waals surface area (Å²) in [7, 11) is 0. The van der Waals surface area contributed by atoms with E-state index in [2.05, 4.69) is 21.2 Å². The lowest BCUT2D eigenvalue weighted by Gasteiger charge is -2.06. The average molecular weight is 410 g/mol. The highest BCUT2D eigenvalue weighted by atomic mass is 79.9. The highest BCUT2D eigenvalue weighted by Crippen LogP contribution is 2.12. The molecule has 0 aliphatic heterocycles. The Morgan fingerprint density at radius 2 is 1.88 bits per heavy atom. The molecule has 0 spiro atoms. The van der Waals surface area contributed by atoms with Gasteiger partial charge in [0.05, 0.1) is 11.5 Å². The molecule has 0 radical (unpaired) electrons. The van der Waals surface area contributed by atoms with Crippen LogP contribution in [0.3, 0.4) is 0 Å². The third-order valence-corrected chi connectivity index (χ3v) is 4.55. The van der Waals surface area contributed by atoms with E-state index in [1.165, 1.54) is 11.3 Å². The molecule has 1 N–H and O–H groups in total. The van der Waals surface area contributed by atoms with E-state index in [0.29, 0.717) is 23.3 Å². The number of thiophene rings is 1. The number of halogens is 1. The number of rotatable bonds is 8. The maximum Gasteiger partial charge on any atom is 0.325 e. The van der Waals surface area contributed by atoms with Gasteiger partial charge in [0.1, 0.15) is 6.54 Å². The topological polar surface area (TPSA) is 72.5 Å². The van der Waals surface area contributed by atoms with Gasteiger partial charge >= 0.3 is 5.97 Å². The number of ketones is 1. The van der Waals surface area contributed by atoms with E-state index in [-0.39, 0.29) is 24.8 Å². The van der Waals surface area contributed by atoms with Crippen LogP contribution in [0.5, 0.6) is 0 Å². The van der Waals surface area contributed by atoms with Crippen LogP contribution in [0.25, 0.3) is 0 Å². The second-order valence-electron chi connectivity index (χ2n) is 4.91. The van der Waals surface area contributed by atoms with Crippen LogP contribution in [0.4, 0.5) is 0 Å². The largest absolute Gasteiger partial charge is 0.464 e. The van der Waals surface area contributed by atoms with Gasteiger partial charge in [-0.15, -0.1) is 11.3 Å². The SMILES string of the molecule is O=C(CNC(=O)c1ccc(Br)cc1)OCCCC(=O)c1cccs1. The molecule has 0 bridgehead atoms. The molecule has 0 atom stereocenters. The fourth-order valence-corrected chi connectivity index (χ4v) is 2.84. The highest BCUT2D eigenvalue weighted by molar-refractivity contribution is 9.10. The number of esters is 1. The maximum absolute atomic E-state index is 11.8. The predicted octanol–water partition coefficient (Wildman–Crippen LogP) is 3.45. The van der Waals surface area contributed by atoms with Gasteiger partial charge in [-0.1, -0.05) is 22.0 Å². The van der Waals surface area contributed by atoms with Crippen molar-refractivity contribution in [1.82, 2.24) is 5.32 Å². The van der Waals surface area contributed by atoms with Gasteiger partial charge < -0.3 is 10.1 Å². The third-order valence-electron chi connectivity index (χ3n) is 3.11. The van der Waals surface area contributed by atoms with Gasteiger partial charge in [-0.2, -0.15) is 0 Å². The van der Waals surface area contributed by atoms with E-state index in [0.717, 1.165) is 4.47 Å². The fourth-order valence-electron chi connectivity index (χ4n) is 1.89. The Morgan fingerprint density at radius 3 is 2.54 bits per heavy atom. The first kappa shape index (κ1) is 18.4. The van der Waals surface area contributed by atoms with E-state index in [4.69, 9.17) is 4.74 Å². The molecule has 0 saturated heterocycles. The van der Waals surface area contributed by atoms with Gasteiger partial charge in [-0.3, -0.25) is 14.4 Å². The van der Waals surface area contributed by atoms with E-state index >= 15 is 0 Å². The summed E-state index contributed by atoms with van der Waals surface area (Å²) in [6, 6.07) is 10.4. The predicted molar refractivity (Wildman–Crippen MR) is 95.3 cm³/mol. The minimum absolute atomic E-state index is 0.0459. The molecule has 2 aromatic rings. The number of ether oxygens (including phenoxy) is 1. The highest BCUT2D eigenvalue weighted by Gasteiger charge is 2.10. The summed E-state index contributed by atoms with van der Waals surface area (Å²) in [5, 5.41) is 4.34. The van der Waals surface area contributed by atoms with Crippen molar-refractivity contribution in [3.63, 3.8) is 0 Å². The van der Waals surface area contributed by atoms with Gasteiger partial charge in [0.15, 0.2) is 5.78 Å². The van der Waals surface area contributed by atoms with Crippen LogP contribution in [-0.2, 0) is 9.53 Å². The van der Waals surface area contributed by atoms with Gasteiger partial charge in [0.25, 0.3) is 5.91 Å². The van der Waals surface area contributed by atoms with Gasteiger partial charge in [-0.05, 0) is 42.1 Å². The molecule has 1 heterocycles. The van der Waals surface area contributed by atoms with Crippen LogP contribution in [0, 0.1) is 0 Å². The van der Waals surface area contributed by atoms with E-state index < -0.39 is 5.97 Å². The monoisotopic (exact) mass is 409 g/mol. The summed E-state index contributed by atoms with van der Waals surface area (Å²) in [6.07, 6.45) is 0.794. The zero-order valence-corrected chi connectivity index (χ0v) is 15.2. The molecule has 0 fully saturated rings. The molecule has 1 amide bonds. The Morgan fingerprint density at radius 1 is 1.12 bits per heavy atom. The van der Waals surface area contributed by atoms with Crippen LogP contribution in [0.1, 0.15) is 32.9 Å². The Balaban J connectivity index is 1.62. The molecule has 1 aromatic heterocycles. The van der Waals surface area contributed by atoms with Crippen LogP contribution < -0.4 is 5.32 Å². The standard InChI is InChI=1S/C17H16BrNO4S/c18-13-7-5-12(6-8-13)17(22)19-11-16(21)23-9-1-3-14(20)15-4-2-10-24-15/h2,4-8,10H,1,3,9,11H2,(H,19,22). The number of amides is 1. The molecule has 0 saturated carbocycles. The Hall–Kier alpha value is -1.99. The van der Waals surface area contributed by atoms with Crippen LogP contribution in [0.2, 0.25) is 0 Å². The molecule has 2 rings (SSSR count). The number of Topliss-reactive ketones (excluding diaryl/α,β-unsaturated/α-hetero) is 1. The summed E-state index contributed by atoms with van der Waals surface area (Å²) < 4.78 is 5.88. The number of hydrogen-bond acceptors (Lipinski definition) is 5. The molecular weight excluding hydrogens is 394 g/mol. The van der Waals surface area contributed by atoms with Crippen molar-refractivity contribution in [1.29, 1.82) is 0 Å². The minimum atomic E-state index is -0.524. The van der Waals surface area contributed by atoms with Gasteiger partial charge in [-0.25, -0.2) is 0 Å². The Bertz CT molecular complexity index is 698. The maximum atomic E-state index is 11.8. The van der Waals surface area contributed by atoms with Crippen molar-refractivity contribution in [2.75, 3.05) is 13.2 Å². The third kappa shape index (κ3) is 5.90. The van der Waals surface area contributed by atoms with Gasteiger partial charge in [0, 0.05) is 16.5 Å². The zero-order chi connectivity index (χ0) is 17.4. The van der Waals surface area contributed by atoms with Crippen molar-refractivity contribution in [2.45, 2.75) is 12.8 Å². The average Bonchev–Trinajstić information content (AvgIpc) is 3.11. The molecular formula is C17H16BrNO4S. The molecule has 24 heavy (non-hydrogen) atoms. The van der Waals surface area contributed by atoms with E-state index in [1.807, 2.05) is 11.4 Å². The normalized spacial score (nSPS) is 10.2. The molecule has 1 aromatic carbocycles. The first-order chi connectivity index (χ1) is 11.6. The van der Waals surface area contributed by atoms with Crippen molar-refractivity contribution in [3.05, 3.63) is 56.7 Å². The number of nitrogens with one attached hydrogen (secondary N) is 1. The van der Waals surface area contributed by atoms with Gasteiger partial charge in [0.2, 0.25) is 0 Å². The lowest BCUT2D eigenvalue weighted by Crippen LogP contribution is -2.30. The summed E-state index contributed by atoms with van der Waals surface area (Å²) in [6.45, 7) is -0.0438. The summed E-state index contributed by atoms with van der Waals surface area (Å²) in [5.41, 5.74) is 0.465. The smallest absolute Gasteiger partial charge is 0.325 e. The second kappa shape index (κ2) is 9.34. The lowest BCUT2D eigenvalue weighted by molar-refractivity contribution is -0.142. The molecule has 0 aliphatic carbocycles. The zero-order valence-electron chi connectivity index (χ0n) is 12.8. The van der Waals surface area contributed by atoms with Crippen molar-refractivity contribution in [3.8, 4) is 0 Å². The number of hydrogen-bond donors (Lipinski definition) is 1. The van der Waals surface area contributed by atoms with Crippen LogP contribution in [0.15, 0.2) is 46.3 Å². The van der Waals surface area contributed by atoms with Crippen LogP contribution in [-0.4, -0.2) is 30.8 Å².